The van der Waals surface area contributed by atoms with E-state index >= 15 is 0 Å². The molecule has 1 saturated heterocycles. The Labute approximate surface area is 217 Å². The number of benzene rings is 1. The van der Waals surface area contributed by atoms with Gasteiger partial charge in [-0.05, 0) is 38.9 Å². The second-order valence-electron chi connectivity index (χ2n) is 9.18. The molecule has 0 spiro atoms. The van der Waals surface area contributed by atoms with Crippen molar-refractivity contribution < 1.29 is 9.67 Å². The number of anilines is 6. The maximum Gasteiger partial charge on any atom is 0.135 e. The summed E-state index contributed by atoms with van der Waals surface area (Å²) in [5.41, 5.74) is 2.36. The summed E-state index contributed by atoms with van der Waals surface area (Å²) in [5.74, 6) is 1.91. The van der Waals surface area contributed by atoms with E-state index < -0.39 is 7.14 Å². The van der Waals surface area contributed by atoms with E-state index in [2.05, 4.69) is 31.2 Å². The van der Waals surface area contributed by atoms with Crippen LogP contribution in [-0.2, 0) is 4.57 Å². The Balaban J connectivity index is 1.60. The van der Waals surface area contributed by atoms with Gasteiger partial charge in [-0.3, -0.25) is 0 Å². The minimum Gasteiger partial charge on any atom is -0.391 e. The quantitative estimate of drug-likeness (QED) is 0.196. The number of nitrogens with one attached hydrogen (secondary N) is 4. The molecule has 1 atom stereocenters. The number of rotatable bonds is 10. The van der Waals surface area contributed by atoms with Crippen LogP contribution in [0.1, 0.15) is 6.42 Å². The third-order valence-corrected chi connectivity index (χ3v) is 7.74. The Morgan fingerprint density at radius 1 is 1.08 bits per heavy atom. The van der Waals surface area contributed by atoms with Gasteiger partial charge in [0.1, 0.15) is 24.6 Å². The van der Waals surface area contributed by atoms with Gasteiger partial charge in [0.25, 0.3) is 0 Å². The van der Waals surface area contributed by atoms with Crippen LogP contribution in [0.5, 0.6) is 0 Å². The Kier molecular flexibility index (Phi) is 8.36. The lowest BCUT2D eigenvalue weighted by atomic mass is 10.3. The van der Waals surface area contributed by atoms with Crippen LogP contribution in [-0.4, -0.2) is 67.7 Å². The number of halogens is 1. The number of aliphatic hydroxyl groups is 1. The fourth-order valence-electron chi connectivity index (χ4n) is 4.07. The number of hydrogen-bond acceptors (Lipinski definition) is 9. The van der Waals surface area contributed by atoms with Crippen molar-refractivity contribution in [3.63, 3.8) is 0 Å². The van der Waals surface area contributed by atoms with Crippen molar-refractivity contribution in [1.82, 2.24) is 15.3 Å². The number of para-hydroxylation sites is 1. The predicted octanol–water partition coefficient (Wildman–Crippen LogP) is 4.07. The van der Waals surface area contributed by atoms with E-state index in [0.717, 1.165) is 48.6 Å². The number of aliphatic hydroxyl groups excluding tert-OH is 1. The molecule has 1 aromatic carbocycles. The van der Waals surface area contributed by atoms with Crippen LogP contribution in [0.15, 0.2) is 48.7 Å². The van der Waals surface area contributed by atoms with E-state index in [4.69, 9.17) is 16.6 Å². The first kappa shape index (κ1) is 26.2. The van der Waals surface area contributed by atoms with Gasteiger partial charge in [0.2, 0.25) is 0 Å². The highest BCUT2D eigenvalue weighted by Gasteiger charge is 2.22. The molecule has 0 radical (unpaired) electrons. The summed E-state index contributed by atoms with van der Waals surface area (Å²) < 4.78 is 12.8. The summed E-state index contributed by atoms with van der Waals surface area (Å²) in [6, 6.07) is 13.3. The highest BCUT2D eigenvalue weighted by molar-refractivity contribution is 7.70. The van der Waals surface area contributed by atoms with Crippen LogP contribution in [0.4, 0.5) is 34.5 Å². The van der Waals surface area contributed by atoms with E-state index in [1.165, 1.54) is 0 Å². The topological polar surface area (TPSA) is 114 Å². The Hall–Kier alpha value is -2.84. The first-order chi connectivity index (χ1) is 17.2. The number of hydrogen-bond donors (Lipinski definition) is 5. The third-order valence-electron chi connectivity index (χ3n) is 5.88. The van der Waals surface area contributed by atoms with Crippen molar-refractivity contribution in [2.75, 3.05) is 67.4 Å². The molecular formula is C25H33ClN7O2P. The highest BCUT2D eigenvalue weighted by atomic mass is 35.5. The van der Waals surface area contributed by atoms with Crippen LogP contribution in [0.3, 0.4) is 0 Å². The Bertz CT molecular complexity index is 1250. The lowest BCUT2D eigenvalue weighted by molar-refractivity contribution is 0.198. The molecule has 0 bridgehead atoms. The van der Waals surface area contributed by atoms with E-state index in [1.54, 1.807) is 25.6 Å². The summed E-state index contributed by atoms with van der Waals surface area (Å²) >= 11 is 6.45. The van der Waals surface area contributed by atoms with E-state index in [9.17, 15) is 9.67 Å². The van der Waals surface area contributed by atoms with Gasteiger partial charge in [-0.1, -0.05) is 23.7 Å². The van der Waals surface area contributed by atoms with Gasteiger partial charge in [-0.15, -0.1) is 0 Å². The zero-order chi connectivity index (χ0) is 25.7. The van der Waals surface area contributed by atoms with Crippen molar-refractivity contribution in [1.29, 1.82) is 0 Å². The largest absolute Gasteiger partial charge is 0.391 e. The molecule has 3 aromatic rings. The molecule has 192 valence electrons. The molecule has 36 heavy (non-hydrogen) atoms. The van der Waals surface area contributed by atoms with Crippen molar-refractivity contribution >= 4 is 58.6 Å². The fourth-order valence-corrected chi connectivity index (χ4v) is 5.38. The summed E-state index contributed by atoms with van der Waals surface area (Å²) in [6.45, 7) is 6.38. The van der Waals surface area contributed by atoms with E-state index in [0.29, 0.717) is 28.9 Å². The van der Waals surface area contributed by atoms with Gasteiger partial charge < -0.3 is 35.8 Å². The van der Waals surface area contributed by atoms with Gasteiger partial charge in [0.15, 0.2) is 0 Å². The number of aromatic nitrogens is 2. The number of pyridine rings is 2. The van der Waals surface area contributed by atoms with Crippen LogP contribution < -0.4 is 31.5 Å². The summed E-state index contributed by atoms with van der Waals surface area (Å²) in [6.07, 6.45) is 1.98. The molecule has 5 N–H and O–H groups in total. The smallest absolute Gasteiger partial charge is 0.135 e. The molecule has 1 unspecified atom stereocenters. The SMILES string of the molecule is CNCCNc1cc(N2CCC(O)C2)cc(Nc2cc(Nc3ccccc3P(C)(C)=O)c(Cl)cn2)n1. The lowest BCUT2D eigenvalue weighted by Gasteiger charge is -2.20. The average molecular weight is 530 g/mol. The second-order valence-corrected chi connectivity index (χ2v) is 12.8. The maximum absolute atomic E-state index is 12.8. The monoisotopic (exact) mass is 529 g/mol. The summed E-state index contributed by atoms with van der Waals surface area (Å²) in [7, 11) is -0.590. The molecule has 1 aliphatic heterocycles. The van der Waals surface area contributed by atoms with E-state index in [-0.39, 0.29) is 6.10 Å². The number of likely N-dealkylation sites (N-methyl/N-ethyl adjacent to an activating group) is 1. The summed E-state index contributed by atoms with van der Waals surface area (Å²) in [4.78, 5) is 11.3. The van der Waals surface area contributed by atoms with Crippen molar-refractivity contribution in [2.45, 2.75) is 12.5 Å². The third kappa shape index (κ3) is 6.68. The zero-order valence-electron chi connectivity index (χ0n) is 20.8. The van der Waals surface area contributed by atoms with Crippen LogP contribution in [0.25, 0.3) is 0 Å². The summed E-state index contributed by atoms with van der Waals surface area (Å²) in [5, 5.41) is 24.3. The van der Waals surface area contributed by atoms with Crippen LogP contribution >= 0.6 is 18.7 Å². The number of β-amino-alcohol motifs (C(OH)–C–C–N with tert-alkyl or cyclic N) is 1. The Morgan fingerprint density at radius 2 is 1.86 bits per heavy atom. The fraction of sp³-hybridized carbons (Fsp3) is 0.360. The zero-order valence-corrected chi connectivity index (χ0v) is 22.4. The first-order valence-electron chi connectivity index (χ1n) is 11.9. The minimum atomic E-state index is -2.49. The molecule has 11 heteroatoms. The average Bonchev–Trinajstić information content (AvgIpc) is 3.27. The molecule has 2 aromatic heterocycles. The second kappa shape index (κ2) is 11.5. The molecule has 9 nitrogen and oxygen atoms in total. The predicted molar refractivity (Wildman–Crippen MR) is 151 cm³/mol. The minimum absolute atomic E-state index is 0.328. The van der Waals surface area contributed by atoms with Gasteiger partial charge in [0, 0.05) is 61.1 Å². The standard InChI is InChI=1S/C25H33ClN7O2P/c1-27-9-10-28-23-12-17(33-11-8-18(34)16-33)13-25(31-23)32-24-14-21(19(26)15-29-24)30-20-6-4-5-7-22(20)36(2,3)35/h4-7,12-15,18,27,34H,8-11,16H2,1-3H3,(H3,28,29,30,31,32). The first-order valence-corrected chi connectivity index (χ1v) is 14.9. The molecule has 0 aliphatic carbocycles. The molecule has 3 heterocycles. The van der Waals surface area contributed by atoms with Crippen molar-refractivity contribution in [3.8, 4) is 0 Å². The van der Waals surface area contributed by atoms with E-state index in [1.807, 2.05) is 43.4 Å². The van der Waals surface area contributed by atoms with Crippen molar-refractivity contribution in [3.05, 3.63) is 53.7 Å². The highest BCUT2D eigenvalue weighted by Crippen LogP contribution is 2.39. The normalized spacial score (nSPS) is 15.7. The van der Waals surface area contributed by atoms with Gasteiger partial charge >= 0.3 is 0 Å². The molecule has 0 saturated carbocycles. The van der Waals surface area contributed by atoms with Crippen LogP contribution in [0, 0.1) is 0 Å². The lowest BCUT2D eigenvalue weighted by Crippen LogP contribution is -2.22. The molecule has 4 rings (SSSR count). The maximum atomic E-state index is 12.8. The molecule has 1 aliphatic rings. The molecule has 1 fully saturated rings. The molecule has 0 amide bonds. The number of nitrogens with zero attached hydrogens (tertiary/aromatic N) is 3. The van der Waals surface area contributed by atoms with Gasteiger partial charge in [0.05, 0.1) is 23.0 Å². The van der Waals surface area contributed by atoms with Gasteiger partial charge in [-0.25, -0.2) is 9.97 Å². The van der Waals surface area contributed by atoms with Crippen LogP contribution in [0.2, 0.25) is 5.02 Å². The van der Waals surface area contributed by atoms with Gasteiger partial charge in [-0.2, -0.15) is 0 Å². The molecular weight excluding hydrogens is 497 g/mol. The Morgan fingerprint density at radius 3 is 2.58 bits per heavy atom. The van der Waals surface area contributed by atoms with Crippen molar-refractivity contribution in [2.24, 2.45) is 0 Å².